The zero-order valence-corrected chi connectivity index (χ0v) is 17.9. The molecule has 1 N–H and O–H groups in total. The number of aromatic carboxylic acids is 1. The van der Waals surface area contributed by atoms with Gasteiger partial charge in [0.25, 0.3) is 0 Å². The molecule has 0 saturated carbocycles. The van der Waals surface area contributed by atoms with Crippen LogP contribution < -0.4 is 0 Å². The number of benzene rings is 2. The van der Waals surface area contributed by atoms with Crippen LogP contribution in [0.5, 0.6) is 0 Å². The van der Waals surface area contributed by atoms with Gasteiger partial charge >= 0.3 is 12.1 Å². The molecule has 0 amide bonds. The minimum atomic E-state index is -4.62. The Balaban J connectivity index is 1.84. The Hall–Kier alpha value is -3.52. The van der Waals surface area contributed by atoms with Gasteiger partial charge < -0.3 is 5.11 Å². The van der Waals surface area contributed by atoms with Crippen molar-refractivity contribution in [1.82, 2.24) is 9.97 Å². The Labute approximate surface area is 186 Å². The van der Waals surface area contributed by atoms with Crippen LogP contribution in [-0.4, -0.2) is 21.0 Å². The zero-order chi connectivity index (χ0) is 23.0. The van der Waals surface area contributed by atoms with Crippen LogP contribution in [0.3, 0.4) is 0 Å². The van der Waals surface area contributed by atoms with Crippen LogP contribution >= 0.6 is 11.3 Å². The number of alkyl halides is 3. The second kappa shape index (κ2) is 8.20. The normalized spacial score (nSPS) is 11.5. The zero-order valence-electron chi connectivity index (χ0n) is 17.1. The van der Waals surface area contributed by atoms with Gasteiger partial charge in [0.2, 0.25) is 0 Å². The van der Waals surface area contributed by atoms with E-state index in [9.17, 15) is 23.1 Å². The molecule has 0 bridgehead atoms. The summed E-state index contributed by atoms with van der Waals surface area (Å²) in [6, 6.07) is 16.3. The first-order valence-corrected chi connectivity index (χ1v) is 10.4. The molecule has 32 heavy (non-hydrogen) atoms. The molecule has 2 aromatic heterocycles. The van der Waals surface area contributed by atoms with Crippen LogP contribution in [0, 0.1) is 13.8 Å². The van der Waals surface area contributed by atoms with E-state index in [4.69, 9.17) is 0 Å². The number of nitrogens with zero attached hydrogens (tertiary/aromatic N) is 2. The van der Waals surface area contributed by atoms with Gasteiger partial charge in [0.15, 0.2) is 5.82 Å². The van der Waals surface area contributed by atoms with Crippen molar-refractivity contribution in [2.45, 2.75) is 20.0 Å². The molecule has 162 valence electrons. The molecular weight excluding hydrogens is 437 g/mol. The molecule has 0 saturated heterocycles. The molecule has 8 heteroatoms. The number of carbonyl (C=O) groups is 1. The first-order chi connectivity index (χ1) is 15.1. The maximum Gasteiger partial charge on any atom is 0.433 e. The second-order valence-corrected chi connectivity index (χ2v) is 8.57. The quantitative estimate of drug-likeness (QED) is 0.365. The third-order valence-corrected chi connectivity index (χ3v) is 5.95. The van der Waals surface area contributed by atoms with E-state index in [0.29, 0.717) is 27.1 Å². The van der Waals surface area contributed by atoms with Crippen molar-refractivity contribution in [3.8, 4) is 33.1 Å². The van der Waals surface area contributed by atoms with E-state index in [0.717, 1.165) is 10.9 Å². The number of hydrogen-bond acceptors (Lipinski definition) is 4. The predicted octanol–water partition coefficient (Wildman–Crippen LogP) is 6.87. The summed E-state index contributed by atoms with van der Waals surface area (Å²) in [6.07, 6.45) is -4.62. The highest BCUT2D eigenvalue weighted by molar-refractivity contribution is 7.15. The number of aryl methyl sites for hydroxylation is 2. The SMILES string of the molecule is Cc1ccc(-c2cc(C(F)(F)F)nc(-c3cccc(-c4ccc(C)c(C(=O)O)c4)c3)n2)s1. The van der Waals surface area contributed by atoms with Crippen LogP contribution in [0.2, 0.25) is 0 Å². The number of rotatable bonds is 4. The number of carboxylic acid groups (broad SMARTS) is 1. The van der Waals surface area contributed by atoms with Gasteiger partial charge in [0.1, 0.15) is 5.69 Å². The number of halogens is 3. The van der Waals surface area contributed by atoms with E-state index in [1.807, 2.05) is 13.0 Å². The van der Waals surface area contributed by atoms with Gasteiger partial charge in [0.05, 0.1) is 16.1 Å². The molecular formula is C24H17F3N2O2S. The minimum absolute atomic E-state index is 0.0479. The molecule has 2 heterocycles. The van der Waals surface area contributed by atoms with E-state index in [1.165, 1.54) is 11.3 Å². The summed E-state index contributed by atoms with van der Waals surface area (Å²) < 4.78 is 40.6. The second-order valence-electron chi connectivity index (χ2n) is 7.29. The highest BCUT2D eigenvalue weighted by Gasteiger charge is 2.34. The largest absolute Gasteiger partial charge is 0.478 e. The molecule has 4 aromatic rings. The lowest BCUT2D eigenvalue weighted by Gasteiger charge is -2.11. The molecule has 0 aliphatic heterocycles. The fraction of sp³-hybridized carbons (Fsp3) is 0.125. The van der Waals surface area contributed by atoms with E-state index >= 15 is 0 Å². The third-order valence-electron chi connectivity index (χ3n) is 4.93. The first-order valence-electron chi connectivity index (χ1n) is 9.59. The van der Waals surface area contributed by atoms with Gasteiger partial charge in [-0.1, -0.05) is 30.3 Å². The lowest BCUT2D eigenvalue weighted by molar-refractivity contribution is -0.141. The number of aromatic nitrogens is 2. The van der Waals surface area contributed by atoms with Crippen LogP contribution in [0.1, 0.15) is 26.5 Å². The summed E-state index contributed by atoms with van der Waals surface area (Å²) in [4.78, 5) is 21.2. The van der Waals surface area contributed by atoms with Gasteiger partial charge in [-0.2, -0.15) is 13.2 Å². The van der Waals surface area contributed by atoms with Crippen molar-refractivity contribution in [2.24, 2.45) is 0 Å². The van der Waals surface area contributed by atoms with Crippen LogP contribution in [-0.2, 0) is 6.18 Å². The summed E-state index contributed by atoms with van der Waals surface area (Å²) >= 11 is 1.36. The van der Waals surface area contributed by atoms with Crippen molar-refractivity contribution < 1.29 is 23.1 Å². The summed E-state index contributed by atoms with van der Waals surface area (Å²) in [5, 5.41) is 9.39. The van der Waals surface area contributed by atoms with Gasteiger partial charge in [0, 0.05) is 10.4 Å². The summed E-state index contributed by atoms with van der Waals surface area (Å²) in [6.45, 7) is 3.57. The van der Waals surface area contributed by atoms with Crippen LogP contribution in [0.4, 0.5) is 13.2 Å². The average molecular weight is 454 g/mol. The molecule has 0 atom stereocenters. The molecule has 0 radical (unpaired) electrons. The van der Waals surface area contributed by atoms with Crippen molar-refractivity contribution in [1.29, 1.82) is 0 Å². The number of thiophene rings is 1. The van der Waals surface area contributed by atoms with Crippen molar-refractivity contribution in [2.75, 3.05) is 0 Å². The van der Waals surface area contributed by atoms with Crippen molar-refractivity contribution in [3.05, 3.63) is 82.4 Å². The topological polar surface area (TPSA) is 63.1 Å². The highest BCUT2D eigenvalue weighted by atomic mass is 32.1. The lowest BCUT2D eigenvalue weighted by atomic mass is 9.98. The average Bonchev–Trinajstić information content (AvgIpc) is 3.19. The van der Waals surface area contributed by atoms with E-state index < -0.39 is 17.8 Å². The van der Waals surface area contributed by atoms with Crippen LogP contribution in [0.25, 0.3) is 33.1 Å². The number of carboxylic acids is 1. The Morgan fingerprint density at radius 3 is 2.28 bits per heavy atom. The standard InChI is InChI=1S/C24H17F3N2O2S/c1-13-6-8-16(11-18(13)23(30)31)15-4-3-5-17(10-15)22-28-19(20-9-7-14(2)32-20)12-21(29-22)24(25,26)27/h3-12H,1-2H3,(H,30,31). The smallest absolute Gasteiger partial charge is 0.433 e. The Kier molecular flexibility index (Phi) is 5.56. The van der Waals surface area contributed by atoms with Crippen LogP contribution in [0.15, 0.2) is 60.7 Å². The fourth-order valence-electron chi connectivity index (χ4n) is 3.29. The van der Waals surface area contributed by atoms with E-state index in [-0.39, 0.29) is 17.1 Å². The van der Waals surface area contributed by atoms with E-state index in [2.05, 4.69) is 9.97 Å². The Morgan fingerprint density at radius 2 is 1.62 bits per heavy atom. The minimum Gasteiger partial charge on any atom is -0.478 e. The lowest BCUT2D eigenvalue weighted by Crippen LogP contribution is -2.10. The third kappa shape index (κ3) is 4.40. The monoisotopic (exact) mass is 454 g/mol. The molecule has 0 aliphatic carbocycles. The van der Waals surface area contributed by atoms with Gasteiger partial charge in [-0.05, 0) is 60.9 Å². The van der Waals surface area contributed by atoms with E-state index in [1.54, 1.807) is 55.5 Å². The Morgan fingerprint density at radius 1 is 0.906 bits per heavy atom. The summed E-state index contributed by atoms with van der Waals surface area (Å²) in [7, 11) is 0. The number of hydrogen-bond donors (Lipinski definition) is 1. The molecule has 0 unspecified atom stereocenters. The molecule has 0 spiro atoms. The molecule has 0 aliphatic rings. The first kappa shape index (κ1) is 21.7. The van der Waals surface area contributed by atoms with Gasteiger partial charge in [-0.3, -0.25) is 0 Å². The molecule has 4 rings (SSSR count). The maximum atomic E-state index is 13.5. The summed E-state index contributed by atoms with van der Waals surface area (Å²) in [5.74, 6) is -1.09. The highest BCUT2D eigenvalue weighted by Crippen LogP contribution is 2.35. The molecule has 2 aromatic carbocycles. The van der Waals surface area contributed by atoms with Crippen molar-refractivity contribution >= 4 is 17.3 Å². The summed E-state index contributed by atoms with van der Waals surface area (Å²) in [5.41, 5.74) is 1.66. The van der Waals surface area contributed by atoms with Gasteiger partial charge in [-0.25, -0.2) is 14.8 Å². The van der Waals surface area contributed by atoms with Crippen molar-refractivity contribution in [3.63, 3.8) is 0 Å². The molecule has 4 nitrogen and oxygen atoms in total. The predicted molar refractivity (Wildman–Crippen MR) is 118 cm³/mol. The molecule has 0 fully saturated rings. The Bertz CT molecular complexity index is 1330. The fourth-order valence-corrected chi connectivity index (χ4v) is 4.12. The van der Waals surface area contributed by atoms with Gasteiger partial charge in [-0.15, -0.1) is 11.3 Å². The maximum absolute atomic E-state index is 13.5.